The maximum Gasteiger partial charge on any atom is 0.490 e. The lowest BCUT2D eigenvalue weighted by Crippen LogP contribution is -2.43. The highest BCUT2D eigenvalue weighted by molar-refractivity contribution is 5.73. The van der Waals surface area contributed by atoms with Crippen molar-refractivity contribution >= 4 is 5.97 Å². The van der Waals surface area contributed by atoms with E-state index in [-0.39, 0.29) is 0 Å². The van der Waals surface area contributed by atoms with E-state index in [1.807, 2.05) is 30.3 Å². The summed E-state index contributed by atoms with van der Waals surface area (Å²) in [4.78, 5) is 13.4. The number of carbonyl (C=O) groups is 1. The van der Waals surface area contributed by atoms with Gasteiger partial charge in [0.1, 0.15) is 5.75 Å². The molecule has 1 aliphatic heterocycles. The Labute approximate surface area is 188 Å². The number of rotatable bonds is 8. The molecule has 0 atom stereocenters. The van der Waals surface area contributed by atoms with E-state index in [1.165, 1.54) is 5.56 Å². The van der Waals surface area contributed by atoms with E-state index in [1.54, 1.807) is 0 Å². The number of ether oxygens (including phenoxy) is 1. The highest BCUT2D eigenvalue weighted by atomic mass is 19.4. The van der Waals surface area contributed by atoms with Gasteiger partial charge in [0.05, 0.1) is 6.61 Å². The van der Waals surface area contributed by atoms with Gasteiger partial charge in [-0.2, -0.15) is 18.2 Å². The molecule has 4 rings (SSSR count). The van der Waals surface area contributed by atoms with Crippen LogP contribution >= 0.6 is 0 Å². The van der Waals surface area contributed by atoms with E-state index in [9.17, 15) is 13.2 Å². The molecule has 0 saturated carbocycles. The summed E-state index contributed by atoms with van der Waals surface area (Å²) in [7, 11) is 0. The van der Waals surface area contributed by atoms with Crippen LogP contribution in [0.1, 0.15) is 17.9 Å². The van der Waals surface area contributed by atoms with E-state index in [0.717, 1.165) is 43.7 Å². The zero-order valence-electron chi connectivity index (χ0n) is 17.7. The number of hydrogen-bond acceptors (Lipinski definition) is 6. The van der Waals surface area contributed by atoms with Crippen molar-refractivity contribution in [2.24, 2.45) is 5.92 Å². The zero-order chi connectivity index (χ0) is 23.7. The van der Waals surface area contributed by atoms with Crippen LogP contribution in [0.25, 0.3) is 11.4 Å². The van der Waals surface area contributed by atoms with Crippen LogP contribution in [0.2, 0.25) is 0 Å². The van der Waals surface area contributed by atoms with Crippen molar-refractivity contribution in [1.29, 1.82) is 0 Å². The molecule has 2 N–H and O–H groups in total. The molecule has 3 aromatic rings. The van der Waals surface area contributed by atoms with Crippen LogP contribution in [0.4, 0.5) is 13.2 Å². The monoisotopic (exact) mass is 463 g/mol. The zero-order valence-corrected chi connectivity index (χ0v) is 17.7. The smallest absolute Gasteiger partial charge is 0.490 e. The normalized spacial score (nSPS) is 13.5. The number of carboxylic acid groups (broad SMARTS) is 1. The minimum atomic E-state index is -5.08. The van der Waals surface area contributed by atoms with E-state index in [2.05, 4.69) is 39.7 Å². The fourth-order valence-corrected chi connectivity index (χ4v) is 3.01. The lowest BCUT2D eigenvalue weighted by molar-refractivity contribution is -0.192. The molecule has 0 amide bonds. The number of aromatic nitrogens is 2. The molecule has 7 nitrogen and oxygen atoms in total. The van der Waals surface area contributed by atoms with Crippen LogP contribution in [-0.4, -0.2) is 47.1 Å². The molecular weight excluding hydrogens is 439 g/mol. The minimum absolute atomic E-state index is 0.620. The first-order valence-corrected chi connectivity index (χ1v) is 10.4. The Hall–Kier alpha value is -3.40. The Morgan fingerprint density at radius 3 is 2.36 bits per heavy atom. The summed E-state index contributed by atoms with van der Waals surface area (Å²) >= 11 is 0. The second-order valence-electron chi connectivity index (χ2n) is 7.51. The molecule has 176 valence electrons. The summed E-state index contributed by atoms with van der Waals surface area (Å²) in [5.74, 6) is 0.0872. The number of halogens is 3. The molecule has 2 heterocycles. The largest absolute Gasteiger partial charge is 0.494 e. The summed E-state index contributed by atoms with van der Waals surface area (Å²) in [5, 5.41) is 14.5. The van der Waals surface area contributed by atoms with Crippen molar-refractivity contribution in [3.05, 3.63) is 66.1 Å². The molecule has 0 aliphatic carbocycles. The van der Waals surface area contributed by atoms with Gasteiger partial charge in [0.25, 0.3) is 0 Å². The summed E-state index contributed by atoms with van der Waals surface area (Å²) in [6, 6.07) is 18.4. The molecule has 1 aliphatic rings. The number of aliphatic carboxylic acids is 1. The van der Waals surface area contributed by atoms with E-state index in [0.29, 0.717) is 24.2 Å². The number of alkyl halides is 3. The van der Waals surface area contributed by atoms with Crippen LogP contribution in [0, 0.1) is 5.92 Å². The van der Waals surface area contributed by atoms with E-state index < -0.39 is 12.1 Å². The van der Waals surface area contributed by atoms with Gasteiger partial charge in [-0.25, -0.2) is 4.79 Å². The Kier molecular flexibility index (Phi) is 8.42. The minimum Gasteiger partial charge on any atom is -0.494 e. The fourth-order valence-electron chi connectivity index (χ4n) is 3.01. The SMILES string of the molecule is O=C(O)C(F)(F)F.c1ccc(CCCOc2ccc(-c3noc(CC4CNC4)n3)cc2)cc1. The van der Waals surface area contributed by atoms with Gasteiger partial charge in [-0.1, -0.05) is 35.5 Å². The summed E-state index contributed by atoms with van der Waals surface area (Å²) < 4.78 is 42.9. The van der Waals surface area contributed by atoms with Crippen molar-refractivity contribution < 1.29 is 32.3 Å². The quantitative estimate of drug-likeness (QED) is 0.485. The van der Waals surface area contributed by atoms with Crippen molar-refractivity contribution in [2.75, 3.05) is 19.7 Å². The molecule has 10 heteroatoms. The summed E-state index contributed by atoms with van der Waals surface area (Å²) in [5.41, 5.74) is 2.29. The molecular formula is C23H24F3N3O4. The van der Waals surface area contributed by atoms with Gasteiger partial charge in [-0.15, -0.1) is 0 Å². The standard InChI is InChI=1S/C21H23N3O2.C2HF3O2/c1-2-5-16(6-3-1)7-4-12-25-19-10-8-18(9-11-19)21-23-20(26-24-21)13-17-14-22-15-17;3-2(4,5)1(6)7/h1-3,5-6,8-11,17,22H,4,7,12-15H2;(H,6,7). The van der Waals surface area contributed by atoms with Gasteiger partial charge in [0, 0.05) is 12.0 Å². The highest BCUT2D eigenvalue weighted by Crippen LogP contribution is 2.21. The molecule has 33 heavy (non-hydrogen) atoms. The van der Waals surface area contributed by atoms with Crippen LogP contribution in [0.5, 0.6) is 5.75 Å². The lowest BCUT2D eigenvalue weighted by atomic mass is 10.00. The third-order valence-corrected chi connectivity index (χ3v) is 4.87. The predicted octanol–water partition coefficient (Wildman–Crippen LogP) is 4.14. The number of nitrogens with zero attached hydrogens (tertiary/aromatic N) is 2. The second-order valence-corrected chi connectivity index (χ2v) is 7.51. The molecule has 2 aromatic carbocycles. The Balaban J connectivity index is 0.000000383. The number of nitrogens with one attached hydrogen (secondary N) is 1. The Morgan fingerprint density at radius 1 is 1.12 bits per heavy atom. The van der Waals surface area contributed by atoms with Crippen molar-refractivity contribution in [3.63, 3.8) is 0 Å². The Bertz CT molecular complexity index is 1000. The predicted molar refractivity (Wildman–Crippen MR) is 114 cm³/mol. The van der Waals surface area contributed by atoms with Gasteiger partial charge in [-0.05, 0) is 61.7 Å². The van der Waals surface area contributed by atoms with Crippen molar-refractivity contribution in [2.45, 2.75) is 25.4 Å². The maximum atomic E-state index is 10.6. The molecule has 0 unspecified atom stereocenters. The highest BCUT2D eigenvalue weighted by Gasteiger charge is 2.38. The van der Waals surface area contributed by atoms with Crippen LogP contribution in [0.15, 0.2) is 59.1 Å². The molecule has 0 spiro atoms. The van der Waals surface area contributed by atoms with E-state index >= 15 is 0 Å². The second kappa shape index (κ2) is 11.5. The van der Waals surface area contributed by atoms with Crippen LogP contribution in [0.3, 0.4) is 0 Å². The van der Waals surface area contributed by atoms with Crippen molar-refractivity contribution in [3.8, 4) is 17.1 Å². The lowest BCUT2D eigenvalue weighted by Gasteiger charge is -2.25. The number of benzene rings is 2. The van der Waals surface area contributed by atoms with Crippen LogP contribution in [-0.2, 0) is 17.6 Å². The maximum absolute atomic E-state index is 10.6. The topological polar surface area (TPSA) is 97.5 Å². The average Bonchev–Trinajstić information content (AvgIpc) is 3.24. The molecule has 1 aromatic heterocycles. The van der Waals surface area contributed by atoms with Gasteiger partial charge < -0.3 is 19.7 Å². The molecule has 1 saturated heterocycles. The van der Waals surface area contributed by atoms with Gasteiger partial charge in [-0.3, -0.25) is 0 Å². The number of aryl methyl sites for hydroxylation is 1. The summed E-state index contributed by atoms with van der Waals surface area (Å²) in [6.07, 6.45) is -2.21. The van der Waals surface area contributed by atoms with E-state index in [4.69, 9.17) is 19.2 Å². The number of hydrogen-bond donors (Lipinski definition) is 2. The third-order valence-electron chi connectivity index (χ3n) is 4.87. The molecule has 0 radical (unpaired) electrons. The van der Waals surface area contributed by atoms with Crippen molar-refractivity contribution in [1.82, 2.24) is 15.5 Å². The van der Waals surface area contributed by atoms with Crippen LogP contribution < -0.4 is 10.1 Å². The molecule has 0 bridgehead atoms. The first-order valence-electron chi connectivity index (χ1n) is 10.4. The summed E-state index contributed by atoms with van der Waals surface area (Å²) in [6.45, 7) is 2.78. The first kappa shape index (κ1) is 24.2. The number of carboxylic acids is 1. The fraction of sp³-hybridized carbons (Fsp3) is 0.348. The average molecular weight is 463 g/mol. The third kappa shape index (κ3) is 7.90. The Morgan fingerprint density at radius 2 is 1.79 bits per heavy atom. The van der Waals surface area contributed by atoms with Gasteiger partial charge >= 0.3 is 12.1 Å². The first-order chi connectivity index (χ1) is 15.8. The van der Waals surface area contributed by atoms with Gasteiger partial charge in [0.2, 0.25) is 11.7 Å². The molecule has 1 fully saturated rings. The van der Waals surface area contributed by atoms with Gasteiger partial charge in [0.15, 0.2) is 0 Å².